The summed E-state index contributed by atoms with van der Waals surface area (Å²) in [5, 5.41) is 4.04. The van der Waals surface area contributed by atoms with Crippen LogP contribution in [0.1, 0.15) is 61.5 Å². The van der Waals surface area contributed by atoms with Crippen molar-refractivity contribution in [2.45, 2.75) is 57.9 Å². The van der Waals surface area contributed by atoms with Crippen molar-refractivity contribution in [3.8, 4) is 0 Å². The number of nitrogens with zero attached hydrogens (tertiary/aromatic N) is 1. The summed E-state index contributed by atoms with van der Waals surface area (Å²) < 4.78 is 5.45. The van der Waals surface area contributed by atoms with Crippen LogP contribution in [0.4, 0.5) is 0 Å². The molecule has 2 N–H and O–H groups in total. The molecule has 1 aliphatic carbocycles. The number of nitrogens with two attached hydrogens (primary N) is 1. The molecule has 1 aromatic rings. The summed E-state index contributed by atoms with van der Waals surface area (Å²) >= 11 is 0. The Morgan fingerprint density at radius 3 is 2.53 bits per heavy atom. The van der Waals surface area contributed by atoms with Gasteiger partial charge >= 0.3 is 0 Å². The molecule has 3 nitrogen and oxygen atoms in total. The van der Waals surface area contributed by atoms with E-state index in [9.17, 15) is 0 Å². The van der Waals surface area contributed by atoms with Crippen LogP contribution >= 0.6 is 0 Å². The number of hydrogen-bond donors (Lipinski definition) is 1. The molecule has 84 valence electrons. The Balaban J connectivity index is 2.19. The van der Waals surface area contributed by atoms with E-state index in [0.717, 1.165) is 17.0 Å². The minimum Gasteiger partial charge on any atom is -0.361 e. The molecule has 1 fully saturated rings. The Morgan fingerprint density at radius 1 is 1.27 bits per heavy atom. The topological polar surface area (TPSA) is 52.0 Å². The van der Waals surface area contributed by atoms with Crippen molar-refractivity contribution in [2.75, 3.05) is 0 Å². The maximum absolute atomic E-state index is 5.74. The molecule has 0 unspecified atom stereocenters. The average molecular weight is 208 g/mol. The largest absolute Gasteiger partial charge is 0.361 e. The predicted molar refractivity (Wildman–Crippen MR) is 59.6 cm³/mol. The van der Waals surface area contributed by atoms with Crippen LogP contribution in [-0.2, 0) is 6.54 Å². The normalized spacial score (nSPS) is 19.1. The second-order valence-electron chi connectivity index (χ2n) is 4.50. The SMILES string of the molecule is Cc1noc(C2CCCCCC2)c1CN. The third kappa shape index (κ3) is 2.23. The first-order chi connectivity index (χ1) is 7.33. The van der Waals surface area contributed by atoms with E-state index in [1.807, 2.05) is 6.92 Å². The van der Waals surface area contributed by atoms with Gasteiger partial charge in [0.1, 0.15) is 5.76 Å². The smallest absolute Gasteiger partial charge is 0.144 e. The Labute approximate surface area is 91.0 Å². The number of hydrogen-bond acceptors (Lipinski definition) is 3. The Bertz CT molecular complexity index is 311. The Hall–Kier alpha value is -0.830. The third-order valence-corrected chi connectivity index (χ3v) is 3.45. The molecule has 1 aromatic heterocycles. The van der Waals surface area contributed by atoms with Crippen LogP contribution in [-0.4, -0.2) is 5.16 Å². The van der Waals surface area contributed by atoms with Crippen LogP contribution in [0.15, 0.2) is 4.52 Å². The second-order valence-corrected chi connectivity index (χ2v) is 4.50. The van der Waals surface area contributed by atoms with Crippen molar-refractivity contribution in [3.05, 3.63) is 17.0 Å². The molecule has 0 spiro atoms. The van der Waals surface area contributed by atoms with Crippen LogP contribution < -0.4 is 5.73 Å². The highest BCUT2D eigenvalue weighted by Gasteiger charge is 2.22. The van der Waals surface area contributed by atoms with E-state index in [4.69, 9.17) is 10.3 Å². The number of aromatic nitrogens is 1. The fourth-order valence-corrected chi connectivity index (χ4v) is 2.52. The highest BCUT2D eigenvalue weighted by molar-refractivity contribution is 5.24. The van der Waals surface area contributed by atoms with Crippen LogP contribution in [0.3, 0.4) is 0 Å². The van der Waals surface area contributed by atoms with E-state index in [2.05, 4.69) is 5.16 Å². The maximum atomic E-state index is 5.74. The maximum Gasteiger partial charge on any atom is 0.144 e. The number of aryl methyl sites for hydroxylation is 1. The zero-order valence-corrected chi connectivity index (χ0v) is 9.46. The fourth-order valence-electron chi connectivity index (χ4n) is 2.52. The monoisotopic (exact) mass is 208 g/mol. The third-order valence-electron chi connectivity index (χ3n) is 3.45. The lowest BCUT2D eigenvalue weighted by atomic mass is 9.94. The molecule has 0 aromatic carbocycles. The van der Waals surface area contributed by atoms with Crippen molar-refractivity contribution in [3.63, 3.8) is 0 Å². The van der Waals surface area contributed by atoms with Gasteiger partial charge in [-0.2, -0.15) is 0 Å². The summed E-state index contributed by atoms with van der Waals surface area (Å²) in [4.78, 5) is 0. The van der Waals surface area contributed by atoms with E-state index < -0.39 is 0 Å². The van der Waals surface area contributed by atoms with E-state index in [1.54, 1.807) is 0 Å². The Morgan fingerprint density at radius 2 is 1.93 bits per heavy atom. The average Bonchev–Trinajstić information content (AvgIpc) is 2.48. The molecule has 0 atom stereocenters. The Kier molecular flexibility index (Phi) is 3.41. The quantitative estimate of drug-likeness (QED) is 0.760. The molecule has 0 aliphatic heterocycles. The molecule has 2 rings (SSSR count). The number of rotatable bonds is 2. The van der Waals surface area contributed by atoms with E-state index in [1.165, 1.54) is 38.5 Å². The minimum absolute atomic E-state index is 0.557. The predicted octanol–water partition coefficient (Wildman–Crippen LogP) is 2.88. The lowest BCUT2D eigenvalue weighted by molar-refractivity contribution is 0.343. The van der Waals surface area contributed by atoms with Crippen molar-refractivity contribution < 1.29 is 4.52 Å². The molecule has 3 heteroatoms. The molecule has 0 radical (unpaired) electrons. The van der Waals surface area contributed by atoms with Crippen molar-refractivity contribution in [1.82, 2.24) is 5.16 Å². The van der Waals surface area contributed by atoms with Gasteiger partial charge in [0, 0.05) is 18.0 Å². The van der Waals surface area contributed by atoms with Crippen molar-refractivity contribution in [2.24, 2.45) is 5.73 Å². The molecule has 15 heavy (non-hydrogen) atoms. The van der Waals surface area contributed by atoms with E-state index >= 15 is 0 Å². The molecular weight excluding hydrogens is 188 g/mol. The second kappa shape index (κ2) is 4.79. The van der Waals surface area contributed by atoms with Gasteiger partial charge in [0.05, 0.1) is 5.69 Å². The molecular formula is C12H20N2O. The zero-order valence-electron chi connectivity index (χ0n) is 9.46. The van der Waals surface area contributed by atoms with Crippen molar-refractivity contribution in [1.29, 1.82) is 0 Å². The van der Waals surface area contributed by atoms with Gasteiger partial charge < -0.3 is 10.3 Å². The molecule has 1 saturated carbocycles. The van der Waals surface area contributed by atoms with Crippen LogP contribution in [0, 0.1) is 6.92 Å². The van der Waals surface area contributed by atoms with Gasteiger partial charge in [-0.3, -0.25) is 0 Å². The lowest BCUT2D eigenvalue weighted by Crippen LogP contribution is -2.04. The first kappa shape index (κ1) is 10.7. The van der Waals surface area contributed by atoms with Crippen LogP contribution in [0.5, 0.6) is 0 Å². The summed E-state index contributed by atoms with van der Waals surface area (Å²) in [6.45, 7) is 2.53. The van der Waals surface area contributed by atoms with Gasteiger partial charge in [-0.15, -0.1) is 0 Å². The van der Waals surface area contributed by atoms with E-state index in [0.29, 0.717) is 12.5 Å². The van der Waals surface area contributed by atoms with Crippen LogP contribution in [0.2, 0.25) is 0 Å². The molecule has 1 aliphatic rings. The van der Waals surface area contributed by atoms with Gasteiger partial charge in [0.2, 0.25) is 0 Å². The van der Waals surface area contributed by atoms with Crippen LogP contribution in [0.25, 0.3) is 0 Å². The first-order valence-electron chi connectivity index (χ1n) is 5.98. The summed E-state index contributed by atoms with van der Waals surface area (Å²) in [5.74, 6) is 1.63. The van der Waals surface area contributed by atoms with E-state index in [-0.39, 0.29) is 0 Å². The summed E-state index contributed by atoms with van der Waals surface area (Å²) in [6.07, 6.45) is 7.83. The highest BCUT2D eigenvalue weighted by atomic mass is 16.5. The van der Waals surface area contributed by atoms with Crippen molar-refractivity contribution >= 4 is 0 Å². The molecule has 0 amide bonds. The van der Waals surface area contributed by atoms with Gasteiger partial charge in [0.25, 0.3) is 0 Å². The molecule has 0 saturated heterocycles. The van der Waals surface area contributed by atoms with Gasteiger partial charge in [-0.05, 0) is 19.8 Å². The zero-order chi connectivity index (χ0) is 10.7. The minimum atomic E-state index is 0.557. The lowest BCUT2D eigenvalue weighted by Gasteiger charge is -2.11. The van der Waals surface area contributed by atoms with Gasteiger partial charge in [-0.25, -0.2) is 0 Å². The molecule has 1 heterocycles. The summed E-state index contributed by atoms with van der Waals surface area (Å²) in [6, 6.07) is 0. The van der Waals surface area contributed by atoms with Gasteiger partial charge in [0.15, 0.2) is 0 Å². The first-order valence-corrected chi connectivity index (χ1v) is 5.98. The fraction of sp³-hybridized carbons (Fsp3) is 0.750. The van der Waals surface area contributed by atoms with Gasteiger partial charge in [-0.1, -0.05) is 30.8 Å². The highest BCUT2D eigenvalue weighted by Crippen LogP contribution is 2.34. The summed E-state index contributed by atoms with van der Waals surface area (Å²) in [5.41, 5.74) is 7.85. The summed E-state index contributed by atoms with van der Waals surface area (Å²) in [7, 11) is 0. The standard InChI is InChI=1S/C12H20N2O/c1-9-11(8-13)12(15-14-9)10-6-4-2-3-5-7-10/h10H,2-8,13H2,1H3. The molecule has 0 bridgehead atoms.